The van der Waals surface area contributed by atoms with Crippen molar-refractivity contribution in [3.05, 3.63) is 0 Å². The minimum Gasteiger partial charge on any atom is -0.481 e. The molecule has 3 unspecified atom stereocenters. The van der Waals surface area contributed by atoms with E-state index in [1.807, 2.05) is 6.92 Å². The zero-order valence-electron chi connectivity index (χ0n) is 12.4. The fourth-order valence-electron chi connectivity index (χ4n) is 3.42. The molecule has 0 radical (unpaired) electrons. The van der Waals surface area contributed by atoms with E-state index < -0.39 is 11.4 Å². The normalized spacial score (nSPS) is 41.1. The largest absolute Gasteiger partial charge is 0.481 e. The fourth-order valence-corrected chi connectivity index (χ4v) is 3.42. The Kier molecular flexibility index (Phi) is 4.21. The third-order valence-corrected chi connectivity index (χ3v) is 5.08. The van der Waals surface area contributed by atoms with Crippen LogP contribution in [0.3, 0.4) is 0 Å². The van der Waals surface area contributed by atoms with Crippen molar-refractivity contribution in [1.82, 2.24) is 4.90 Å². The summed E-state index contributed by atoms with van der Waals surface area (Å²) in [6.45, 7) is 8.76. The molecule has 3 atom stereocenters. The Morgan fingerprint density at radius 2 is 2.21 bits per heavy atom. The van der Waals surface area contributed by atoms with Crippen LogP contribution in [0.25, 0.3) is 0 Å². The predicted molar refractivity (Wildman–Crippen MR) is 74.2 cm³/mol. The van der Waals surface area contributed by atoms with Gasteiger partial charge in [0.05, 0.1) is 11.0 Å². The summed E-state index contributed by atoms with van der Waals surface area (Å²) in [6, 6.07) is 0.484. The number of rotatable bonds is 3. The average Bonchev–Trinajstić information content (AvgIpc) is 2.39. The van der Waals surface area contributed by atoms with E-state index in [2.05, 4.69) is 18.7 Å². The number of hydrogen-bond donors (Lipinski definition) is 1. The molecule has 4 nitrogen and oxygen atoms in total. The Morgan fingerprint density at radius 3 is 2.84 bits per heavy atom. The molecule has 0 bridgehead atoms. The van der Waals surface area contributed by atoms with Gasteiger partial charge in [0.25, 0.3) is 0 Å². The third-order valence-electron chi connectivity index (χ3n) is 5.08. The molecule has 0 saturated carbocycles. The number of nitrogens with zero attached hydrogens (tertiary/aromatic N) is 1. The van der Waals surface area contributed by atoms with E-state index in [1.54, 1.807) is 0 Å². The number of carboxylic acid groups (broad SMARTS) is 1. The van der Waals surface area contributed by atoms with Crippen molar-refractivity contribution in [3.8, 4) is 0 Å². The van der Waals surface area contributed by atoms with Crippen molar-refractivity contribution in [2.45, 2.75) is 64.5 Å². The smallest absolute Gasteiger partial charge is 0.310 e. The van der Waals surface area contributed by atoms with Crippen LogP contribution in [-0.2, 0) is 9.53 Å². The number of hydrogen-bond acceptors (Lipinski definition) is 3. The van der Waals surface area contributed by atoms with Crippen molar-refractivity contribution in [2.75, 3.05) is 19.7 Å². The summed E-state index contributed by atoms with van der Waals surface area (Å²) in [7, 11) is 0. The fraction of sp³-hybridized carbons (Fsp3) is 0.933. The molecule has 0 amide bonds. The molecule has 0 aromatic heterocycles. The lowest BCUT2D eigenvalue weighted by Crippen LogP contribution is -2.54. The van der Waals surface area contributed by atoms with Crippen LogP contribution in [0.4, 0.5) is 0 Å². The van der Waals surface area contributed by atoms with Crippen LogP contribution in [0, 0.1) is 5.41 Å². The van der Waals surface area contributed by atoms with Crippen LogP contribution in [-0.4, -0.2) is 47.3 Å². The van der Waals surface area contributed by atoms with E-state index >= 15 is 0 Å². The zero-order chi connectivity index (χ0) is 14.1. The second-order valence-corrected chi connectivity index (χ2v) is 6.74. The molecule has 2 aliphatic heterocycles. The van der Waals surface area contributed by atoms with E-state index in [0.29, 0.717) is 12.6 Å². The minimum absolute atomic E-state index is 0.0278. The Balaban J connectivity index is 2.03. The highest BCUT2D eigenvalue weighted by Crippen LogP contribution is 2.36. The molecule has 0 aromatic carbocycles. The van der Waals surface area contributed by atoms with Crippen molar-refractivity contribution in [2.24, 2.45) is 5.41 Å². The third kappa shape index (κ3) is 3.11. The molecule has 2 aliphatic rings. The van der Waals surface area contributed by atoms with Crippen LogP contribution < -0.4 is 0 Å². The van der Waals surface area contributed by atoms with Gasteiger partial charge in [0.1, 0.15) is 0 Å². The van der Waals surface area contributed by atoms with Gasteiger partial charge < -0.3 is 9.84 Å². The number of carbonyl (C=O) groups is 1. The molecule has 19 heavy (non-hydrogen) atoms. The highest BCUT2D eigenvalue weighted by molar-refractivity contribution is 5.74. The van der Waals surface area contributed by atoms with Crippen LogP contribution in [0.2, 0.25) is 0 Å². The first-order valence-electron chi connectivity index (χ1n) is 7.50. The summed E-state index contributed by atoms with van der Waals surface area (Å²) in [5.74, 6) is -0.650. The van der Waals surface area contributed by atoms with Gasteiger partial charge >= 0.3 is 5.97 Å². The number of likely N-dealkylation sites (tertiary alicyclic amines) is 1. The van der Waals surface area contributed by atoms with E-state index in [4.69, 9.17) is 4.74 Å². The molecule has 1 N–H and O–H groups in total. The van der Waals surface area contributed by atoms with Gasteiger partial charge in [-0.25, -0.2) is 0 Å². The van der Waals surface area contributed by atoms with Crippen molar-refractivity contribution in [3.63, 3.8) is 0 Å². The van der Waals surface area contributed by atoms with Crippen molar-refractivity contribution < 1.29 is 14.6 Å². The zero-order valence-corrected chi connectivity index (χ0v) is 12.4. The van der Waals surface area contributed by atoms with E-state index in [9.17, 15) is 9.90 Å². The maximum atomic E-state index is 11.4. The molecular weight excluding hydrogens is 242 g/mol. The Morgan fingerprint density at radius 1 is 1.47 bits per heavy atom. The van der Waals surface area contributed by atoms with Gasteiger partial charge in [-0.3, -0.25) is 9.69 Å². The summed E-state index contributed by atoms with van der Waals surface area (Å²) in [5.41, 5.74) is -0.598. The first kappa shape index (κ1) is 14.8. The van der Waals surface area contributed by atoms with Crippen LogP contribution in [0.1, 0.15) is 52.9 Å². The molecule has 2 fully saturated rings. The van der Waals surface area contributed by atoms with Gasteiger partial charge in [0, 0.05) is 19.2 Å². The maximum absolute atomic E-state index is 11.4. The first-order valence-corrected chi connectivity index (χ1v) is 7.50. The Bertz CT molecular complexity index is 346. The topological polar surface area (TPSA) is 49.8 Å². The summed E-state index contributed by atoms with van der Waals surface area (Å²) in [4.78, 5) is 13.8. The average molecular weight is 269 g/mol. The summed E-state index contributed by atoms with van der Waals surface area (Å²) < 4.78 is 5.89. The lowest BCUT2D eigenvalue weighted by molar-refractivity contribution is -0.154. The van der Waals surface area contributed by atoms with Gasteiger partial charge in [0.2, 0.25) is 0 Å². The lowest BCUT2D eigenvalue weighted by atomic mass is 9.80. The number of piperidine rings is 1. The van der Waals surface area contributed by atoms with Crippen molar-refractivity contribution >= 4 is 5.97 Å². The van der Waals surface area contributed by atoms with Gasteiger partial charge in [-0.05, 0) is 52.5 Å². The second kappa shape index (κ2) is 5.41. The molecule has 0 aromatic rings. The summed E-state index contributed by atoms with van der Waals surface area (Å²) in [5, 5.41) is 9.41. The van der Waals surface area contributed by atoms with E-state index in [1.165, 1.54) is 0 Å². The first-order chi connectivity index (χ1) is 8.88. The van der Waals surface area contributed by atoms with Gasteiger partial charge in [-0.15, -0.1) is 0 Å². The standard InChI is InChI=1S/C15H27NO3/c1-4-15(3)10-12(6-9-19-15)16-8-5-7-14(2,11-16)13(17)18/h12H,4-11H2,1-3H3,(H,17,18). The second-order valence-electron chi connectivity index (χ2n) is 6.74. The molecular formula is C15H27NO3. The number of ether oxygens (including phenoxy) is 1. The van der Waals surface area contributed by atoms with Crippen molar-refractivity contribution in [1.29, 1.82) is 0 Å². The molecule has 4 heteroatoms. The van der Waals surface area contributed by atoms with Crippen LogP contribution in [0.5, 0.6) is 0 Å². The predicted octanol–water partition coefficient (Wildman–Crippen LogP) is 2.52. The summed E-state index contributed by atoms with van der Waals surface area (Å²) >= 11 is 0. The number of carboxylic acids is 1. The van der Waals surface area contributed by atoms with Gasteiger partial charge in [0.15, 0.2) is 0 Å². The Labute approximate surface area is 116 Å². The quantitative estimate of drug-likeness (QED) is 0.855. The van der Waals surface area contributed by atoms with Crippen LogP contribution in [0.15, 0.2) is 0 Å². The molecule has 2 heterocycles. The van der Waals surface area contributed by atoms with E-state index in [0.717, 1.165) is 45.3 Å². The monoisotopic (exact) mass is 269 g/mol. The molecule has 2 rings (SSSR count). The molecule has 110 valence electrons. The highest BCUT2D eigenvalue weighted by atomic mass is 16.5. The SMILES string of the molecule is CCC1(C)CC(N2CCCC(C)(C(=O)O)C2)CCO1. The minimum atomic E-state index is -0.650. The Hall–Kier alpha value is -0.610. The van der Waals surface area contributed by atoms with Crippen LogP contribution >= 0.6 is 0 Å². The van der Waals surface area contributed by atoms with E-state index in [-0.39, 0.29) is 5.60 Å². The molecule has 0 spiro atoms. The molecule has 2 saturated heterocycles. The highest BCUT2D eigenvalue weighted by Gasteiger charge is 2.42. The lowest BCUT2D eigenvalue weighted by Gasteiger charge is -2.47. The maximum Gasteiger partial charge on any atom is 0.310 e. The molecule has 0 aliphatic carbocycles. The van der Waals surface area contributed by atoms with Gasteiger partial charge in [-0.2, -0.15) is 0 Å². The van der Waals surface area contributed by atoms with Gasteiger partial charge in [-0.1, -0.05) is 6.92 Å². The summed E-state index contributed by atoms with van der Waals surface area (Å²) in [6.07, 6.45) is 4.87. The number of aliphatic carboxylic acids is 1.